The Kier molecular flexibility index (Phi) is 7.52. The van der Waals surface area contributed by atoms with Crippen molar-refractivity contribution in [1.82, 2.24) is 5.16 Å². The number of aromatic nitrogens is 1. The zero-order valence-electron chi connectivity index (χ0n) is 20.1. The van der Waals surface area contributed by atoms with Gasteiger partial charge in [-0.05, 0) is 68.5 Å². The Hall–Kier alpha value is -2.84. The lowest BCUT2D eigenvalue weighted by atomic mass is 9.99. The summed E-state index contributed by atoms with van der Waals surface area (Å²) in [5.74, 6) is 0.661. The molecule has 7 nitrogen and oxygen atoms in total. The first-order valence-corrected chi connectivity index (χ1v) is 13.9. The van der Waals surface area contributed by atoms with E-state index in [1.807, 2.05) is 63.2 Å². The van der Waals surface area contributed by atoms with Crippen LogP contribution in [0, 0.1) is 19.8 Å². The molecule has 0 aliphatic carbocycles. The first-order valence-electron chi connectivity index (χ1n) is 11.7. The van der Waals surface area contributed by atoms with Gasteiger partial charge in [-0.25, -0.2) is 8.42 Å². The van der Waals surface area contributed by atoms with Crippen LogP contribution >= 0.6 is 11.6 Å². The summed E-state index contributed by atoms with van der Waals surface area (Å²) in [5, 5.41) is 11.3. The smallest absolute Gasteiger partial charge is 0.227 e. The van der Waals surface area contributed by atoms with Gasteiger partial charge in [0.2, 0.25) is 5.91 Å². The number of amides is 1. The molecule has 3 aromatic rings. The van der Waals surface area contributed by atoms with Crippen molar-refractivity contribution in [3.05, 3.63) is 64.5 Å². The highest BCUT2D eigenvalue weighted by Crippen LogP contribution is 2.34. The maximum atomic E-state index is 13.2. The van der Waals surface area contributed by atoms with E-state index in [9.17, 15) is 13.2 Å². The van der Waals surface area contributed by atoms with Crippen LogP contribution in [0.3, 0.4) is 0 Å². The van der Waals surface area contributed by atoms with Gasteiger partial charge in [0.1, 0.15) is 15.6 Å². The third kappa shape index (κ3) is 6.24. The number of nitrogens with one attached hydrogen (secondary N) is 2. The zero-order chi connectivity index (χ0) is 25.2. The zero-order valence-corrected chi connectivity index (χ0v) is 21.7. The first kappa shape index (κ1) is 25.3. The number of rotatable bonds is 7. The minimum Gasteiger partial charge on any atom is -0.381 e. The molecule has 0 bridgehead atoms. The molecule has 2 aromatic carbocycles. The van der Waals surface area contributed by atoms with Crippen molar-refractivity contribution in [1.29, 1.82) is 0 Å². The van der Waals surface area contributed by atoms with Gasteiger partial charge in [-0.2, -0.15) is 0 Å². The van der Waals surface area contributed by atoms with Crippen LogP contribution in [-0.2, 0) is 21.1 Å². The Morgan fingerprint density at radius 1 is 1.11 bits per heavy atom. The number of carbonyl (C=O) groups is 1. The highest BCUT2D eigenvalue weighted by molar-refractivity contribution is 7.91. The largest absolute Gasteiger partial charge is 0.381 e. The molecule has 186 valence electrons. The molecule has 35 heavy (non-hydrogen) atoms. The van der Waals surface area contributed by atoms with Gasteiger partial charge >= 0.3 is 0 Å². The van der Waals surface area contributed by atoms with Gasteiger partial charge in [0.15, 0.2) is 0 Å². The van der Waals surface area contributed by atoms with Crippen molar-refractivity contribution in [2.24, 2.45) is 5.92 Å². The van der Waals surface area contributed by atoms with Crippen molar-refractivity contribution >= 4 is 38.7 Å². The SMILES string of the molecule is Cc1noc(C)c1-c1ccc(NC2CCS(=O)(=O)CC2)c(NC(=O)[C@@H](C)Cc2ccc(Cl)cc2)c1. The van der Waals surface area contributed by atoms with Crippen molar-refractivity contribution in [3.8, 4) is 11.1 Å². The molecular formula is C26H30ClN3O4S. The standard InChI is InChI=1S/C26H30ClN3O4S/c1-16(14-19-4-7-21(27)8-5-19)26(31)29-24-15-20(25-17(2)30-34-18(25)3)6-9-23(24)28-22-10-12-35(32,33)13-11-22/h4-9,15-16,22,28H,10-14H2,1-3H3,(H,29,31)/t16-/m0/s1. The van der Waals surface area contributed by atoms with Gasteiger partial charge in [-0.3, -0.25) is 4.79 Å². The molecule has 1 aromatic heterocycles. The lowest BCUT2D eigenvalue weighted by Crippen LogP contribution is -2.32. The van der Waals surface area contributed by atoms with Crippen molar-refractivity contribution in [2.45, 2.75) is 46.1 Å². The van der Waals surface area contributed by atoms with E-state index in [0.717, 1.165) is 28.1 Å². The van der Waals surface area contributed by atoms with E-state index in [0.29, 0.717) is 35.7 Å². The Labute approximate surface area is 211 Å². The van der Waals surface area contributed by atoms with E-state index in [2.05, 4.69) is 15.8 Å². The molecule has 4 rings (SSSR count). The van der Waals surface area contributed by atoms with E-state index in [1.54, 1.807) is 0 Å². The van der Waals surface area contributed by atoms with Crippen LogP contribution in [0.5, 0.6) is 0 Å². The summed E-state index contributed by atoms with van der Waals surface area (Å²) in [6.45, 7) is 5.63. The number of benzene rings is 2. The van der Waals surface area contributed by atoms with Gasteiger partial charge in [0.25, 0.3) is 0 Å². The topological polar surface area (TPSA) is 101 Å². The lowest BCUT2D eigenvalue weighted by Gasteiger charge is -2.26. The summed E-state index contributed by atoms with van der Waals surface area (Å²) in [4.78, 5) is 13.2. The second-order valence-electron chi connectivity index (χ2n) is 9.25. The molecule has 1 atom stereocenters. The van der Waals surface area contributed by atoms with E-state index in [-0.39, 0.29) is 29.4 Å². The van der Waals surface area contributed by atoms with Crippen molar-refractivity contribution in [3.63, 3.8) is 0 Å². The fraction of sp³-hybridized carbons (Fsp3) is 0.385. The Balaban J connectivity index is 1.58. The monoisotopic (exact) mass is 515 g/mol. The van der Waals surface area contributed by atoms with Gasteiger partial charge < -0.3 is 15.2 Å². The van der Waals surface area contributed by atoms with E-state index < -0.39 is 9.84 Å². The number of aryl methyl sites for hydroxylation is 2. The number of carbonyl (C=O) groups excluding carboxylic acids is 1. The van der Waals surface area contributed by atoms with Gasteiger partial charge in [-0.1, -0.05) is 41.9 Å². The van der Waals surface area contributed by atoms with Crippen LogP contribution < -0.4 is 10.6 Å². The van der Waals surface area contributed by atoms with Crippen LogP contribution in [0.1, 0.15) is 36.8 Å². The minimum atomic E-state index is -2.96. The Bertz CT molecular complexity index is 1290. The fourth-order valence-electron chi connectivity index (χ4n) is 4.40. The van der Waals surface area contributed by atoms with E-state index in [1.165, 1.54) is 0 Å². The third-order valence-electron chi connectivity index (χ3n) is 6.42. The molecule has 2 N–H and O–H groups in total. The molecule has 1 fully saturated rings. The Morgan fingerprint density at radius 2 is 1.80 bits per heavy atom. The molecule has 9 heteroatoms. The van der Waals surface area contributed by atoms with Crippen LogP contribution in [-0.4, -0.2) is 37.0 Å². The second-order valence-corrected chi connectivity index (χ2v) is 12.0. The maximum Gasteiger partial charge on any atom is 0.227 e. The second kappa shape index (κ2) is 10.4. The molecule has 2 heterocycles. The number of sulfone groups is 1. The summed E-state index contributed by atoms with van der Waals surface area (Å²) in [7, 11) is -2.96. The van der Waals surface area contributed by atoms with Crippen LogP contribution in [0.25, 0.3) is 11.1 Å². The molecular weight excluding hydrogens is 486 g/mol. The highest BCUT2D eigenvalue weighted by Gasteiger charge is 2.25. The van der Waals surface area contributed by atoms with Crippen molar-refractivity contribution < 1.29 is 17.7 Å². The molecule has 1 aliphatic rings. The average Bonchev–Trinajstić information content (AvgIpc) is 3.15. The van der Waals surface area contributed by atoms with E-state index >= 15 is 0 Å². The summed E-state index contributed by atoms with van der Waals surface area (Å²) in [5.41, 5.74) is 4.99. The van der Waals surface area contributed by atoms with Crippen LogP contribution in [0.15, 0.2) is 47.0 Å². The number of halogens is 1. The summed E-state index contributed by atoms with van der Waals surface area (Å²) in [6.07, 6.45) is 1.65. The molecule has 0 unspecified atom stereocenters. The first-order chi connectivity index (χ1) is 16.6. The van der Waals surface area contributed by atoms with Crippen LogP contribution in [0.4, 0.5) is 11.4 Å². The lowest BCUT2D eigenvalue weighted by molar-refractivity contribution is -0.119. The maximum absolute atomic E-state index is 13.2. The van der Waals surface area contributed by atoms with Crippen LogP contribution in [0.2, 0.25) is 5.02 Å². The number of nitrogens with zero attached hydrogens (tertiary/aromatic N) is 1. The molecule has 1 amide bonds. The average molecular weight is 516 g/mol. The third-order valence-corrected chi connectivity index (χ3v) is 8.38. The predicted molar refractivity (Wildman–Crippen MR) is 140 cm³/mol. The molecule has 1 saturated heterocycles. The Morgan fingerprint density at radius 3 is 2.43 bits per heavy atom. The minimum absolute atomic E-state index is 0.0191. The van der Waals surface area contributed by atoms with Crippen molar-refractivity contribution in [2.75, 3.05) is 22.1 Å². The number of hydrogen-bond acceptors (Lipinski definition) is 6. The van der Waals surface area contributed by atoms with Gasteiger partial charge in [0, 0.05) is 22.5 Å². The van der Waals surface area contributed by atoms with Gasteiger partial charge in [-0.15, -0.1) is 0 Å². The number of hydrogen-bond donors (Lipinski definition) is 2. The summed E-state index contributed by atoms with van der Waals surface area (Å²) < 4.78 is 29.0. The summed E-state index contributed by atoms with van der Waals surface area (Å²) >= 11 is 5.98. The highest BCUT2D eigenvalue weighted by atomic mass is 35.5. The van der Waals surface area contributed by atoms with E-state index in [4.69, 9.17) is 16.1 Å². The predicted octanol–water partition coefficient (Wildman–Crippen LogP) is 5.42. The normalized spacial score (nSPS) is 16.6. The summed E-state index contributed by atoms with van der Waals surface area (Å²) in [6, 6.07) is 13.3. The number of anilines is 2. The fourth-order valence-corrected chi connectivity index (χ4v) is 6.02. The quantitative estimate of drug-likeness (QED) is 0.435. The molecule has 1 aliphatic heterocycles. The molecule has 0 radical (unpaired) electrons. The molecule has 0 saturated carbocycles. The van der Waals surface area contributed by atoms with Gasteiger partial charge in [0.05, 0.1) is 28.6 Å². The molecule has 0 spiro atoms.